The van der Waals surface area contributed by atoms with E-state index in [0.717, 1.165) is 12.8 Å². The molecule has 2 fully saturated rings. The summed E-state index contributed by atoms with van der Waals surface area (Å²) in [6.45, 7) is 0.712. The number of Topliss-reactive ketones (excluding diaryl/α,β-unsaturated/α-hetero) is 1. The minimum atomic E-state index is 0.171. The van der Waals surface area contributed by atoms with Gasteiger partial charge in [-0.15, -0.1) is 0 Å². The number of hydrogen-bond acceptors (Lipinski definition) is 2. The first-order chi connectivity index (χ1) is 8.74. The molecule has 18 heavy (non-hydrogen) atoms. The highest BCUT2D eigenvalue weighted by molar-refractivity contribution is 5.79. The zero-order chi connectivity index (χ0) is 12.8. The number of nitrogens with two attached hydrogens (primary N) is 1. The average molecular weight is 251 g/mol. The molecule has 0 aliphatic heterocycles. The molecule has 2 nitrogen and oxygen atoms in total. The Morgan fingerprint density at radius 1 is 1.00 bits per heavy atom. The van der Waals surface area contributed by atoms with Gasteiger partial charge < -0.3 is 5.73 Å². The van der Waals surface area contributed by atoms with Gasteiger partial charge in [0.05, 0.1) is 0 Å². The Morgan fingerprint density at radius 3 is 2.22 bits per heavy atom. The van der Waals surface area contributed by atoms with Gasteiger partial charge in [0.1, 0.15) is 5.78 Å². The van der Waals surface area contributed by atoms with Crippen LogP contribution in [-0.4, -0.2) is 12.3 Å². The van der Waals surface area contributed by atoms with Gasteiger partial charge in [0.15, 0.2) is 0 Å². The monoisotopic (exact) mass is 251 g/mol. The van der Waals surface area contributed by atoms with Gasteiger partial charge in [-0.1, -0.05) is 51.4 Å². The van der Waals surface area contributed by atoms with E-state index in [0.29, 0.717) is 18.2 Å². The molecule has 0 radical (unpaired) electrons. The second-order valence-electron chi connectivity index (χ2n) is 6.69. The molecule has 2 aliphatic rings. The molecular weight excluding hydrogens is 222 g/mol. The zero-order valence-corrected chi connectivity index (χ0v) is 11.8. The number of ketones is 1. The summed E-state index contributed by atoms with van der Waals surface area (Å²) < 4.78 is 0. The van der Waals surface area contributed by atoms with Crippen molar-refractivity contribution in [2.75, 3.05) is 6.54 Å². The van der Waals surface area contributed by atoms with Gasteiger partial charge in [-0.2, -0.15) is 0 Å². The summed E-state index contributed by atoms with van der Waals surface area (Å²) in [5, 5.41) is 0. The third-order valence-electron chi connectivity index (χ3n) is 5.16. The zero-order valence-electron chi connectivity index (χ0n) is 11.8. The highest BCUT2D eigenvalue weighted by atomic mass is 16.1. The lowest BCUT2D eigenvalue weighted by Crippen LogP contribution is -2.35. The highest BCUT2D eigenvalue weighted by Gasteiger charge is 2.33. The largest absolute Gasteiger partial charge is 0.330 e. The average Bonchev–Trinajstić information content (AvgIpc) is 2.41. The molecule has 0 bridgehead atoms. The number of carbonyl (C=O) groups is 1. The van der Waals surface area contributed by atoms with Crippen molar-refractivity contribution in [3.63, 3.8) is 0 Å². The molecule has 0 aromatic rings. The molecule has 0 amide bonds. The van der Waals surface area contributed by atoms with Crippen LogP contribution in [0, 0.1) is 11.3 Å². The van der Waals surface area contributed by atoms with Crippen molar-refractivity contribution in [2.24, 2.45) is 17.1 Å². The van der Waals surface area contributed by atoms with E-state index in [1.54, 1.807) is 0 Å². The van der Waals surface area contributed by atoms with Crippen LogP contribution in [0.4, 0.5) is 0 Å². The normalized spacial score (nSPS) is 24.9. The fourth-order valence-electron chi connectivity index (χ4n) is 3.96. The minimum Gasteiger partial charge on any atom is -0.330 e. The predicted octanol–water partition coefficient (Wildman–Crippen LogP) is 3.83. The van der Waals surface area contributed by atoms with E-state index in [1.165, 1.54) is 64.2 Å². The maximum absolute atomic E-state index is 12.3. The van der Waals surface area contributed by atoms with Crippen LogP contribution in [0.3, 0.4) is 0 Å². The van der Waals surface area contributed by atoms with Crippen molar-refractivity contribution in [3.05, 3.63) is 0 Å². The minimum absolute atomic E-state index is 0.171. The first kappa shape index (κ1) is 14.0. The van der Waals surface area contributed by atoms with Crippen molar-refractivity contribution in [2.45, 2.75) is 77.0 Å². The van der Waals surface area contributed by atoms with Crippen molar-refractivity contribution >= 4 is 5.78 Å². The lowest BCUT2D eigenvalue weighted by molar-refractivity contribution is -0.123. The summed E-state index contributed by atoms with van der Waals surface area (Å²) >= 11 is 0. The molecule has 2 saturated carbocycles. The van der Waals surface area contributed by atoms with E-state index >= 15 is 0 Å². The molecule has 2 N–H and O–H groups in total. The van der Waals surface area contributed by atoms with Crippen LogP contribution >= 0.6 is 0 Å². The fraction of sp³-hybridized carbons (Fsp3) is 0.938. The SMILES string of the molecule is NCC1(CC(=O)CC2CCCCC2)CCCCC1. The maximum atomic E-state index is 12.3. The Balaban J connectivity index is 1.81. The smallest absolute Gasteiger partial charge is 0.133 e. The van der Waals surface area contributed by atoms with Gasteiger partial charge in [-0.25, -0.2) is 0 Å². The Morgan fingerprint density at radius 2 is 1.61 bits per heavy atom. The van der Waals surface area contributed by atoms with E-state index < -0.39 is 0 Å². The topological polar surface area (TPSA) is 43.1 Å². The van der Waals surface area contributed by atoms with E-state index in [2.05, 4.69) is 0 Å². The van der Waals surface area contributed by atoms with Gasteiger partial charge >= 0.3 is 0 Å². The van der Waals surface area contributed by atoms with Crippen molar-refractivity contribution in [1.82, 2.24) is 0 Å². The summed E-state index contributed by atoms with van der Waals surface area (Å²) in [5.74, 6) is 1.18. The van der Waals surface area contributed by atoms with E-state index in [1.807, 2.05) is 0 Å². The Kier molecular flexibility index (Phi) is 5.23. The molecular formula is C16H29NO. The number of rotatable bonds is 5. The standard InChI is InChI=1S/C16H29NO/c17-13-16(9-5-2-6-10-16)12-15(18)11-14-7-3-1-4-8-14/h14H,1-13,17H2. The summed E-state index contributed by atoms with van der Waals surface area (Å²) in [6.07, 6.45) is 14.4. The molecule has 2 rings (SSSR count). The Bertz CT molecular complexity index is 262. The van der Waals surface area contributed by atoms with Gasteiger partial charge in [0.2, 0.25) is 0 Å². The Hall–Kier alpha value is -0.370. The molecule has 0 aromatic heterocycles. The molecule has 0 unspecified atom stereocenters. The fourth-order valence-corrected chi connectivity index (χ4v) is 3.96. The second-order valence-corrected chi connectivity index (χ2v) is 6.69. The van der Waals surface area contributed by atoms with Crippen LogP contribution in [-0.2, 0) is 4.79 Å². The lowest BCUT2D eigenvalue weighted by atomic mass is 9.70. The molecule has 2 heteroatoms. The molecule has 0 aromatic carbocycles. The van der Waals surface area contributed by atoms with E-state index in [-0.39, 0.29) is 5.41 Å². The van der Waals surface area contributed by atoms with Crippen LogP contribution in [0.15, 0.2) is 0 Å². The van der Waals surface area contributed by atoms with Crippen LogP contribution in [0.1, 0.15) is 77.0 Å². The van der Waals surface area contributed by atoms with Gasteiger partial charge in [-0.3, -0.25) is 4.79 Å². The highest BCUT2D eigenvalue weighted by Crippen LogP contribution is 2.39. The van der Waals surface area contributed by atoms with Crippen LogP contribution < -0.4 is 5.73 Å². The van der Waals surface area contributed by atoms with Crippen LogP contribution in [0.5, 0.6) is 0 Å². The van der Waals surface area contributed by atoms with Crippen LogP contribution in [0.25, 0.3) is 0 Å². The molecule has 0 atom stereocenters. The molecule has 104 valence electrons. The quantitative estimate of drug-likeness (QED) is 0.807. The third kappa shape index (κ3) is 3.81. The van der Waals surface area contributed by atoms with E-state index in [9.17, 15) is 4.79 Å². The Labute approximate surface area is 112 Å². The first-order valence-corrected chi connectivity index (χ1v) is 7.96. The number of hydrogen-bond donors (Lipinski definition) is 1. The van der Waals surface area contributed by atoms with Crippen molar-refractivity contribution in [1.29, 1.82) is 0 Å². The summed E-state index contributed by atoms with van der Waals surface area (Å²) in [7, 11) is 0. The van der Waals surface area contributed by atoms with Crippen LogP contribution in [0.2, 0.25) is 0 Å². The molecule has 0 heterocycles. The third-order valence-corrected chi connectivity index (χ3v) is 5.16. The first-order valence-electron chi connectivity index (χ1n) is 7.96. The number of carbonyl (C=O) groups excluding carboxylic acids is 1. The summed E-state index contributed by atoms with van der Waals surface area (Å²) in [6, 6.07) is 0. The summed E-state index contributed by atoms with van der Waals surface area (Å²) in [5.41, 5.74) is 6.14. The van der Waals surface area contributed by atoms with Crippen molar-refractivity contribution < 1.29 is 4.79 Å². The molecule has 2 aliphatic carbocycles. The second kappa shape index (κ2) is 6.70. The molecule has 0 spiro atoms. The van der Waals surface area contributed by atoms with Gasteiger partial charge in [0, 0.05) is 12.8 Å². The lowest BCUT2D eigenvalue weighted by Gasteiger charge is -2.36. The van der Waals surface area contributed by atoms with Gasteiger partial charge in [-0.05, 0) is 30.7 Å². The van der Waals surface area contributed by atoms with Crippen molar-refractivity contribution in [3.8, 4) is 0 Å². The van der Waals surface area contributed by atoms with E-state index in [4.69, 9.17) is 5.73 Å². The predicted molar refractivity (Wildman–Crippen MR) is 75.4 cm³/mol. The summed E-state index contributed by atoms with van der Waals surface area (Å²) in [4.78, 5) is 12.3. The van der Waals surface area contributed by atoms with Gasteiger partial charge in [0.25, 0.3) is 0 Å². The molecule has 0 saturated heterocycles. The maximum Gasteiger partial charge on any atom is 0.133 e.